The summed E-state index contributed by atoms with van der Waals surface area (Å²) in [7, 11) is 1.77. The van der Waals surface area contributed by atoms with Crippen LogP contribution < -0.4 is 5.32 Å². The predicted octanol–water partition coefficient (Wildman–Crippen LogP) is 4.44. The van der Waals surface area contributed by atoms with Crippen LogP contribution in [0, 0.1) is 12.7 Å². The lowest BCUT2D eigenvalue weighted by molar-refractivity contribution is 0.621. The second kappa shape index (κ2) is 5.30. The van der Waals surface area contributed by atoms with E-state index in [1.165, 1.54) is 0 Å². The summed E-state index contributed by atoms with van der Waals surface area (Å²) in [5.74, 6) is 0.684. The number of rotatable bonds is 2. The maximum Gasteiger partial charge on any atom is 0.165 e. The number of aryl methyl sites for hydroxylation is 1. The minimum absolute atomic E-state index is 0.305. The Balaban J connectivity index is 2.30. The molecule has 2 aromatic carbocycles. The van der Waals surface area contributed by atoms with Crippen LogP contribution in [0.3, 0.4) is 0 Å². The summed E-state index contributed by atoms with van der Waals surface area (Å²) in [5.41, 5.74) is 1.62. The molecule has 0 saturated carbocycles. The van der Waals surface area contributed by atoms with Gasteiger partial charge in [-0.25, -0.2) is 14.4 Å². The van der Waals surface area contributed by atoms with E-state index in [0.29, 0.717) is 33.3 Å². The molecule has 0 aliphatic rings. The van der Waals surface area contributed by atoms with Crippen molar-refractivity contribution in [2.24, 2.45) is 0 Å². The Morgan fingerprint density at radius 3 is 2.71 bits per heavy atom. The average Bonchev–Trinajstić information content (AvgIpc) is 2.48. The quantitative estimate of drug-likeness (QED) is 0.760. The molecule has 0 unspecified atom stereocenters. The number of anilines is 1. The molecule has 0 aliphatic carbocycles. The fourth-order valence-corrected chi connectivity index (χ4v) is 2.40. The molecular formula is C16H13ClFN3. The first-order chi connectivity index (χ1) is 10.1. The molecule has 1 heterocycles. The summed E-state index contributed by atoms with van der Waals surface area (Å²) in [5, 5.41) is 4.45. The van der Waals surface area contributed by atoms with Crippen molar-refractivity contribution in [1.82, 2.24) is 9.97 Å². The van der Waals surface area contributed by atoms with Gasteiger partial charge in [-0.05, 0) is 36.8 Å². The van der Waals surface area contributed by atoms with Crippen LogP contribution in [0.15, 0.2) is 36.4 Å². The van der Waals surface area contributed by atoms with Gasteiger partial charge in [0.15, 0.2) is 5.82 Å². The van der Waals surface area contributed by atoms with Gasteiger partial charge in [-0.2, -0.15) is 0 Å². The van der Waals surface area contributed by atoms with Gasteiger partial charge in [0.2, 0.25) is 0 Å². The molecule has 1 aromatic heterocycles. The van der Waals surface area contributed by atoms with Crippen molar-refractivity contribution >= 4 is 28.3 Å². The summed E-state index contributed by atoms with van der Waals surface area (Å²) in [4.78, 5) is 8.86. The average molecular weight is 302 g/mol. The van der Waals surface area contributed by atoms with Gasteiger partial charge < -0.3 is 5.32 Å². The molecule has 106 valence electrons. The lowest BCUT2D eigenvalue weighted by Crippen LogP contribution is -2.00. The molecular weight excluding hydrogens is 289 g/mol. The minimum Gasteiger partial charge on any atom is -0.373 e. The highest BCUT2D eigenvalue weighted by molar-refractivity contribution is 6.31. The van der Waals surface area contributed by atoms with E-state index in [1.807, 2.05) is 6.07 Å². The van der Waals surface area contributed by atoms with E-state index in [9.17, 15) is 4.39 Å². The molecule has 3 nitrogen and oxygen atoms in total. The lowest BCUT2D eigenvalue weighted by Gasteiger charge is -2.10. The Hall–Kier alpha value is -2.20. The molecule has 0 radical (unpaired) electrons. The van der Waals surface area contributed by atoms with Crippen LogP contribution in [0.1, 0.15) is 5.56 Å². The zero-order valence-electron chi connectivity index (χ0n) is 11.6. The molecule has 1 N–H and O–H groups in total. The third-order valence-corrected chi connectivity index (χ3v) is 3.56. The van der Waals surface area contributed by atoms with Crippen molar-refractivity contribution in [3.8, 4) is 11.4 Å². The SMILES string of the molecule is CNc1nc(-c2cccc(C)c2F)nc2cc(Cl)ccc12. The Morgan fingerprint density at radius 2 is 1.95 bits per heavy atom. The highest BCUT2D eigenvalue weighted by atomic mass is 35.5. The first-order valence-electron chi connectivity index (χ1n) is 6.50. The van der Waals surface area contributed by atoms with E-state index in [1.54, 1.807) is 44.3 Å². The van der Waals surface area contributed by atoms with E-state index in [2.05, 4.69) is 15.3 Å². The Morgan fingerprint density at radius 1 is 1.14 bits per heavy atom. The first kappa shape index (κ1) is 13.8. The summed E-state index contributed by atoms with van der Waals surface area (Å²) >= 11 is 6.01. The largest absolute Gasteiger partial charge is 0.373 e. The second-order valence-corrected chi connectivity index (χ2v) is 5.18. The number of hydrogen-bond acceptors (Lipinski definition) is 3. The van der Waals surface area contributed by atoms with Gasteiger partial charge in [-0.15, -0.1) is 0 Å². The van der Waals surface area contributed by atoms with Crippen LogP contribution in [-0.4, -0.2) is 17.0 Å². The number of fused-ring (bicyclic) bond motifs is 1. The van der Waals surface area contributed by atoms with E-state index in [-0.39, 0.29) is 5.82 Å². The molecule has 0 atom stereocenters. The normalized spacial score (nSPS) is 10.9. The van der Waals surface area contributed by atoms with Gasteiger partial charge in [-0.1, -0.05) is 23.7 Å². The van der Waals surface area contributed by atoms with Gasteiger partial charge in [0.25, 0.3) is 0 Å². The van der Waals surface area contributed by atoms with E-state index in [4.69, 9.17) is 11.6 Å². The standard InChI is InChI=1S/C16H13ClFN3/c1-9-4-3-5-12(14(9)18)16-20-13-8-10(17)6-7-11(13)15(19-2)21-16/h3-8H,1-2H3,(H,19,20,21). The predicted molar refractivity (Wildman–Crippen MR) is 84.2 cm³/mol. The molecule has 5 heteroatoms. The van der Waals surface area contributed by atoms with Crippen LogP contribution in [0.4, 0.5) is 10.2 Å². The molecule has 0 aliphatic heterocycles. The molecule has 0 saturated heterocycles. The zero-order valence-corrected chi connectivity index (χ0v) is 12.4. The van der Waals surface area contributed by atoms with Crippen molar-refractivity contribution in [3.63, 3.8) is 0 Å². The molecule has 0 bridgehead atoms. The van der Waals surface area contributed by atoms with E-state index in [0.717, 1.165) is 5.39 Å². The zero-order chi connectivity index (χ0) is 15.0. The Kier molecular flexibility index (Phi) is 3.47. The highest BCUT2D eigenvalue weighted by Crippen LogP contribution is 2.28. The summed E-state index contributed by atoms with van der Waals surface area (Å²) in [6, 6.07) is 10.6. The monoisotopic (exact) mass is 301 g/mol. The third-order valence-electron chi connectivity index (χ3n) is 3.33. The summed E-state index contributed by atoms with van der Waals surface area (Å²) in [6.45, 7) is 1.72. The van der Waals surface area contributed by atoms with Crippen molar-refractivity contribution in [1.29, 1.82) is 0 Å². The molecule has 0 amide bonds. The topological polar surface area (TPSA) is 37.8 Å². The highest BCUT2D eigenvalue weighted by Gasteiger charge is 2.13. The minimum atomic E-state index is -0.305. The van der Waals surface area contributed by atoms with Crippen molar-refractivity contribution in [2.75, 3.05) is 12.4 Å². The molecule has 0 fully saturated rings. The van der Waals surface area contributed by atoms with Crippen molar-refractivity contribution in [2.45, 2.75) is 6.92 Å². The molecule has 3 rings (SSSR count). The van der Waals surface area contributed by atoms with Crippen LogP contribution in [0.5, 0.6) is 0 Å². The van der Waals surface area contributed by atoms with Crippen molar-refractivity contribution in [3.05, 3.63) is 52.8 Å². The van der Waals surface area contributed by atoms with Crippen LogP contribution in [-0.2, 0) is 0 Å². The Labute approximate surface area is 126 Å². The van der Waals surface area contributed by atoms with Gasteiger partial charge in [-0.3, -0.25) is 0 Å². The second-order valence-electron chi connectivity index (χ2n) is 4.74. The van der Waals surface area contributed by atoms with E-state index >= 15 is 0 Å². The Bertz CT molecular complexity index is 833. The van der Waals surface area contributed by atoms with Crippen LogP contribution in [0.25, 0.3) is 22.3 Å². The van der Waals surface area contributed by atoms with Gasteiger partial charge in [0.1, 0.15) is 11.6 Å². The van der Waals surface area contributed by atoms with Gasteiger partial charge >= 0.3 is 0 Å². The number of nitrogens with one attached hydrogen (secondary N) is 1. The van der Waals surface area contributed by atoms with Crippen LogP contribution >= 0.6 is 11.6 Å². The maximum atomic E-state index is 14.3. The fourth-order valence-electron chi connectivity index (χ4n) is 2.23. The fraction of sp³-hybridized carbons (Fsp3) is 0.125. The molecule has 3 aromatic rings. The number of benzene rings is 2. The van der Waals surface area contributed by atoms with Gasteiger partial charge in [0.05, 0.1) is 11.1 Å². The first-order valence-corrected chi connectivity index (χ1v) is 6.88. The van der Waals surface area contributed by atoms with Crippen LogP contribution in [0.2, 0.25) is 5.02 Å². The maximum absolute atomic E-state index is 14.3. The van der Waals surface area contributed by atoms with Gasteiger partial charge in [0, 0.05) is 17.5 Å². The number of nitrogens with zero attached hydrogens (tertiary/aromatic N) is 2. The number of hydrogen-bond donors (Lipinski definition) is 1. The lowest BCUT2D eigenvalue weighted by atomic mass is 10.1. The van der Waals surface area contributed by atoms with E-state index < -0.39 is 0 Å². The smallest absolute Gasteiger partial charge is 0.165 e. The molecule has 0 spiro atoms. The molecule has 21 heavy (non-hydrogen) atoms. The van der Waals surface area contributed by atoms with Crippen molar-refractivity contribution < 1.29 is 4.39 Å². The number of halogens is 2. The number of aromatic nitrogens is 2. The summed E-state index contributed by atoms with van der Waals surface area (Å²) < 4.78 is 14.3. The summed E-state index contributed by atoms with van der Waals surface area (Å²) in [6.07, 6.45) is 0. The third kappa shape index (κ3) is 2.43.